The van der Waals surface area contributed by atoms with Crippen LogP contribution in [0.2, 0.25) is 0 Å². The van der Waals surface area contributed by atoms with Crippen molar-refractivity contribution >= 4 is 11.2 Å². The summed E-state index contributed by atoms with van der Waals surface area (Å²) in [6.45, 7) is 6.66. The number of piperidine rings is 1. The minimum Gasteiger partial charge on any atom is -0.315 e. The van der Waals surface area contributed by atoms with Crippen molar-refractivity contribution in [3.8, 4) is 0 Å². The molecule has 102 valence electrons. The molecular formula is C15H22N4. The summed E-state index contributed by atoms with van der Waals surface area (Å²) in [5, 5.41) is 3.49. The normalized spacial score (nSPS) is 20.3. The van der Waals surface area contributed by atoms with Gasteiger partial charge in [-0.3, -0.25) is 0 Å². The van der Waals surface area contributed by atoms with Crippen LogP contribution in [-0.4, -0.2) is 27.6 Å². The summed E-state index contributed by atoms with van der Waals surface area (Å²) in [5.74, 6) is 1.81. The molecule has 3 rings (SSSR count). The Kier molecular flexibility index (Phi) is 3.51. The van der Waals surface area contributed by atoms with Crippen LogP contribution >= 0.6 is 0 Å². The zero-order valence-electron chi connectivity index (χ0n) is 11.8. The standard InChI is InChI=1S/C15H22N4/c1-11(2)9-14-18-13-6-4-8-17-15(13)19(14)12-5-3-7-16-10-12/h4,6,8,11-12,16H,3,5,7,9-10H2,1-2H3. The Labute approximate surface area is 114 Å². The molecule has 4 heteroatoms. The Bertz CT molecular complexity index is 552. The third-order valence-corrected chi connectivity index (χ3v) is 3.75. The van der Waals surface area contributed by atoms with Gasteiger partial charge in [0.05, 0.1) is 0 Å². The first-order chi connectivity index (χ1) is 9.25. The van der Waals surface area contributed by atoms with Crippen LogP contribution in [0, 0.1) is 5.92 Å². The summed E-state index contributed by atoms with van der Waals surface area (Å²) in [7, 11) is 0. The summed E-state index contributed by atoms with van der Waals surface area (Å²) < 4.78 is 2.38. The van der Waals surface area contributed by atoms with Crippen molar-refractivity contribution < 1.29 is 0 Å². The zero-order valence-corrected chi connectivity index (χ0v) is 11.8. The summed E-state index contributed by atoms with van der Waals surface area (Å²) in [6.07, 6.45) is 5.35. The Morgan fingerprint density at radius 2 is 2.37 bits per heavy atom. The molecule has 0 aliphatic carbocycles. The molecule has 0 spiro atoms. The molecule has 1 saturated heterocycles. The van der Waals surface area contributed by atoms with E-state index >= 15 is 0 Å². The Balaban J connectivity index is 2.06. The van der Waals surface area contributed by atoms with Gasteiger partial charge >= 0.3 is 0 Å². The fourth-order valence-electron chi connectivity index (χ4n) is 2.92. The third kappa shape index (κ3) is 2.50. The van der Waals surface area contributed by atoms with E-state index in [1.807, 2.05) is 12.3 Å². The van der Waals surface area contributed by atoms with Crippen molar-refractivity contribution in [2.24, 2.45) is 5.92 Å². The molecule has 4 nitrogen and oxygen atoms in total. The topological polar surface area (TPSA) is 42.7 Å². The number of hydrogen-bond donors (Lipinski definition) is 1. The summed E-state index contributed by atoms with van der Waals surface area (Å²) in [4.78, 5) is 9.36. The lowest BCUT2D eigenvalue weighted by atomic mass is 10.1. The van der Waals surface area contributed by atoms with Gasteiger partial charge in [-0.15, -0.1) is 0 Å². The average molecular weight is 258 g/mol. The highest BCUT2D eigenvalue weighted by Gasteiger charge is 2.22. The fourth-order valence-corrected chi connectivity index (χ4v) is 2.92. The van der Waals surface area contributed by atoms with Crippen molar-refractivity contribution in [2.45, 2.75) is 39.2 Å². The summed E-state index contributed by atoms with van der Waals surface area (Å²) in [6, 6.07) is 4.54. The van der Waals surface area contributed by atoms with E-state index in [-0.39, 0.29) is 0 Å². The highest BCUT2D eigenvalue weighted by atomic mass is 15.2. The lowest BCUT2D eigenvalue weighted by Gasteiger charge is -2.26. The van der Waals surface area contributed by atoms with Crippen molar-refractivity contribution in [3.05, 3.63) is 24.2 Å². The van der Waals surface area contributed by atoms with Gasteiger partial charge in [-0.1, -0.05) is 13.8 Å². The number of nitrogens with zero attached hydrogens (tertiary/aromatic N) is 3. The van der Waals surface area contributed by atoms with Crippen LogP contribution in [0.5, 0.6) is 0 Å². The van der Waals surface area contributed by atoms with E-state index in [1.165, 1.54) is 18.7 Å². The Morgan fingerprint density at radius 3 is 3.11 bits per heavy atom. The van der Waals surface area contributed by atoms with E-state index in [2.05, 4.69) is 34.8 Å². The number of aromatic nitrogens is 3. The van der Waals surface area contributed by atoms with Gasteiger partial charge in [-0.2, -0.15) is 0 Å². The van der Waals surface area contributed by atoms with E-state index in [0.29, 0.717) is 12.0 Å². The first kappa shape index (κ1) is 12.6. The van der Waals surface area contributed by atoms with Crippen LogP contribution in [0.1, 0.15) is 38.6 Å². The molecule has 0 bridgehead atoms. The molecule has 0 radical (unpaired) electrons. The molecule has 19 heavy (non-hydrogen) atoms. The van der Waals surface area contributed by atoms with Gasteiger partial charge in [-0.25, -0.2) is 9.97 Å². The maximum absolute atomic E-state index is 4.80. The molecule has 2 aromatic heterocycles. The third-order valence-electron chi connectivity index (χ3n) is 3.75. The van der Waals surface area contributed by atoms with Crippen LogP contribution in [-0.2, 0) is 6.42 Å². The maximum Gasteiger partial charge on any atom is 0.160 e. The monoisotopic (exact) mass is 258 g/mol. The van der Waals surface area contributed by atoms with Crippen molar-refractivity contribution in [2.75, 3.05) is 13.1 Å². The first-order valence-corrected chi connectivity index (χ1v) is 7.28. The Hall–Kier alpha value is -1.42. The Morgan fingerprint density at radius 1 is 1.47 bits per heavy atom. The second-order valence-corrected chi connectivity index (χ2v) is 5.84. The molecule has 0 saturated carbocycles. The first-order valence-electron chi connectivity index (χ1n) is 7.28. The second-order valence-electron chi connectivity index (χ2n) is 5.84. The number of nitrogens with one attached hydrogen (secondary N) is 1. The maximum atomic E-state index is 4.80. The van der Waals surface area contributed by atoms with E-state index < -0.39 is 0 Å². The molecule has 1 N–H and O–H groups in total. The van der Waals surface area contributed by atoms with Gasteiger partial charge in [0.15, 0.2) is 5.65 Å². The molecule has 1 aliphatic heterocycles. The number of hydrogen-bond acceptors (Lipinski definition) is 3. The summed E-state index contributed by atoms with van der Waals surface area (Å²) >= 11 is 0. The minimum atomic E-state index is 0.502. The summed E-state index contributed by atoms with van der Waals surface area (Å²) in [5.41, 5.74) is 2.08. The molecule has 1 aliphatic rings. The number of imidazole rings is 1. The molecule has 3 heterocycles. The van der Waals surface area contributed by atoms with Gasteiger partial charge in [0, 0.05) is 25.2 Å². The lowest BCUT2D eigenvalue weighted by Crippen LogP contribution is -2.32. The highest BCUT2D eigenvalue weighted by molar-refractivity contribution is 5.71. The predicted octanol–water partition coefficient (Wildman–Crippen LogP) is 2.55. The lowest BCUT2D eigenvalue weighted by molar-refractivity contribution is 0.365. The van der Waals surface area contributed by atoms with Crippen LogP contribution < -0.4 is 5.32 Å². The van der Waals surface area contributed by atoms with E-state index in [9.17, 15) is 0 Å². The zero-order chi connectivity index (χ0) is 13.2. The van der Waals surface area contributed by atoms with Gasteiger partial charge in [0.25, 0.3) is 0 Å². The van der Waals surface area contributed by atoms with Gasteiger partial charge < -0.3 is 9.88 Å². The fraction of sp³-hybridized carbons (Fsp3) is 0.600. The largest absolute Gasteiger partial charge is 0.315 e. The quantitative estimate of drug-likeness (QED) is 0.920. The molecular weight excluding hydrogens is 236 g/mol. The number of pyridine rings is 1. The van der Waals surface area contributed by atoms with Crippen LogP contribution in [0.3, 0.4) is 0 Å². The van der Waals surface area contributed by atoms with Gasteiger partial charge in [-0.05, 0) is 37.4 Å². The average Bonchev–Trinajstić information content (AvgIpc) is 2.76. The van der Waals surface area contributed by atoms with Crippen molar-refractivity contribution in [3.63, 3.8) is 0 Å². The van der Waals surface area contributed by atoms with E-state index in [4.69, 9.17) is 4.98 Å². The molecule has 0 amide bonds. The highest BCUT2D eigenvalue weighted by Crippen LogP contribution is 2.25. The van der Waals surface area contributed by atoms with Crippen LogP contribution in [0.4, 0.5) is 0 Å². The predicted molar refractivity (Wildman–Crippen MR) is 77.2 cm³/mol. The molecule has 1 fully saturated rings. The smallest absolute Gasteiger partial charge is 0.160 e. The molecule has 1 unspecified atom stereocenters. The number of rotatable bonds is 3. The van der Waals surface area contributed by atoms with Crippen LogP contribution in [0.15, 0.2) is 18.3 Å². The SMILES string of the molecule is CC(C)Cc1nc2cccnc2n1C1CCCNC1. The van der Waals surface area contributed by atoms with E-state index in [0.717, 1.165) is 30.7 Å². The van der Waals surface area contributed by atoms with Crippen molar-refractivity contribution in [1.82, 2.24) is 19.9 Å². The van der Waals surface area contributed by atoms with Gasteiger partial charge in [0.1, 0.15) is 11.3 Å². The number of fused-ring (bicyclic) bond motifs is 1. The molecule has 0 aromatic carbocycles. The van der Waals surface area contributed by atoms with E-state index in [1.54, 1.807) is 0 Å². The minimum absolute atomic E-state index is 0.502. The van der Waals surface area contributed by atoms with Gasteiger partial charge in [0.2, 0.25) is 0 Å². The second kappa shape index (κ2) is 5.29. The van der Waals surface area contributed by atoms with Crippen molar-refractivity contribution in [1.29, 1.82) is 0 Å². The molecule has 2 aromatic rings. The van der Waals surface area contributed by atoms with Crippen LogP contribution in [0.25, 0.3) is 11.2 Å². The molecule has 1 atom stereocenters.